The smallest absolute Gasteiger partial charge is 0.240 e. The fourth-order valence-corrected chi connectivity index (χ4v) is 4.35. The van der Waals surface area contributed by atoms with Gasteiger partial charge >= 0.3 is 0 Å². The highest BCUT2D eigenvalue weighted by molar-refractivity contribution is 14.1. The van der Waals surface area contributed by atoms with Crippen LogP contribution in [0.5, 0.6) is 0 Å². The van der Waals surface area contributed by atoms with Crippen molar-refractivity contribution in [1.82, 2.24) is 9.97 Å². The van der Waals surface area contributed by atoms with E-state index in [2.05, 4.69) is 65.5 Å². The number of aromatic nitrogens is 2. The number of halogens is 1. The molecule has 1 aliphatic heterocycles. The summed E-state index contributed by atoms with van der Waals surface area (Å²) in [5.74, 6) is 0.971. The number of pyridine rings is 2. The molecule has 23 heavy (non-hydrogen) atoms. The van der Waals surface area contributed by atoms with Crippen molar-refractivity contribution < 1.29 is 4.79 Å². The van der Waals surface area contributed by atoms with Crippen LogP contribution in [0.25, 0.3) is 0 Å². The highest BCUT2D eigenvalue weighted by Crippen LogP contribution is 2.50. The van der Waals surface area contributed by atoms with E-state index in [1.165, 1.54) is 5.56 Å². The lowest BCUT2D eigenvalue weighted by Gasteiger charge is -2.33. The molecular weight excluding hydrogens is 401 g/mol. The molecule has 1 spiro atoms. The van der Waals surface area contributed by atoms with Crippen molar-refractivity contribution in [3.8, 4) is 0 Å². The average molecular weight is 419 g/mol. The van der Waals surface area contributed by atoms with Crippen molar-refractivity contribution in [2.45, 2.75) is 44.6 Å². The topological polar surface area (TPSA) is 46.1 Å². The SMILES string of the molecule is CC(C)(C)N1C(=O)[C@@]2(Cc3cc(I)cnc3C2)c2cccnc21. The monoisotopic (exact) mass is 419 g/mol. The quantitative estimate of drug-likeness (QED) is 0.616. The van der Waals surface area contributed by atoms with Crippen LogP contribution in [0.1, 0.15) is 37.6 Å². The van der Waals surface area contributed by atoms with Crippen LogP contribution in [-0.2, 0) is 23.1 Å². The molecule has 0 radical (unpaired) electrons. The summed E-state index contributed by atoms with van der Waals surface area (Å²) in [5, 5.41) is 0. The molecule has 1 atom stereocenters. The van der Waals surface area contributed by atoms with Crippen LogP contribution in [0.2, 0.25) is 0 Å². The van der Waals surface area contributed by atoms with Gasteiger partial charge in [-0.2, -0.15) is 0 Å². The Morgan fingerprint density at radius 1 is 1.26 bits per heavy atom. The number of anilines is 1. The van der Waals surface area contributed by atoms with Gasteiger partial charge in [0, 0.05) is 39.2 Å². The number of carbonyl (C=O) groups excluding carboxylic acids is 1. The van der Waals surface area contributed by atoms with Gasteiger partial charge in [0.2, 0.25) is 5.91 Å². The molecule has 5 heteroatoms. The second kappa shape index (κ2) is 4.75. The van der Waals surface area contributed by atoms with Crippen molar-refractivity contribution >= 4 is 34.3 Å². The van der Waals surface area contributed by atoms with Crippen molar-refractivity contribution in [2.75, 3.05) is 4.90 Å². The third-order valence-electron chi connectivity index (χ3n) is 4.79. The molecule has 2 aromatic rings. The number of rotatable bonds is 0. The molecule has 0 saturated heterocycles. The van der Waals surface area contributed by atoms with Crippen LogP contribution in [0.3, 0.4) is 0 Å². The zero-order valence-corrected chi connectivity index (χ0v) is 15.6. The maximum atomic E-state index is 13.4. The zero-order chi connectivity index (χ0) is 16.4. The Morgan fingerprint density at radius 3 is 2.78 bits per heavy atom. The molecule has 1 aliphatic carbocycles. The second-order valence-electron chi connectivity index (χ2n) is 7.38. The van der Waals surface area contributed by atoms with E-state index in [1.807, 2.05) is 17.2 Å². The molecule has 0 saturated carbocycles. The Labute approximate surface area is 149 Å². The average Bonchev–Trinajstić information content (AvgIpc) is 2.96. The van der Waals surface area contributed by atoms with Crippen LogP contribution >= 0.6 is 22.6 Å². The molecule has 0 unspecified atom stereocenters. The molecular formula is C18H18IN3O. The molecule has 4 nitrogen and oxygen atoms in total. The van der Waals surface area contributed by atoms with E-state index in [0.29, 0.717) is 6.42 Å². The van der Waals surface area contributed by atoms with Gasteiger partial charge in [0.25, 0.3) is 0 Å². The minimum absolute atomic E-state index is 0.159. The Bertz CT molecular complexity index is 827. The van der Waals surface area contributed by atoms with Crippen molar-refractivity contribution in [1.29, 1.82) is 0 Å². The largest absolute Gasteiger partial charge is 0.290 e. The van der Waals surface area contributed by atoms with Crippen molar-refractivity contribution in [3.05, 3.63) is 51.0 Å². The normalized spacial score (nSPS) is 22.6. The van der Waals surface area contributed by atoms with E-state index >= 15 is 0 Å². The standard InChI is InChI=1S/C18H18IN3O/c1-17(2,3)22-15-13(5-4-6-20-15)18(16(22)23)8-11-7-12(19)10-21-14(11)9-18/h4-7,10H,8-9H2,1-3H3/t18-/m1/s1. The summed E-state index contributed by atoms with van der Waals surface area (Å²) in [5.41, 5.74) is 2.46. The van der Waals surface area contributed by atoms with E-state index in [0.717, 1.165) is 27.1 Å². The van der Waals surface area contributed by atoms with Gasteiger partial charge in [-0.25, -0.2) is 4.98 Å². The minimum atomic E-state index is -0.531. The molecule has 2 aromatic heterocycles. The number of nitrogens with zero attached hydrogens (tertiary/aromatic N) is 3. The summed E-state index contributed by atoms with van der Waals surface area (Å²) in [4.78, 5) is 24.4. The van der Waals surface area contributed by atoms with Gasteiger partial charge in [0.1, 0.15) is 5.82 Å². The molecule has 3 heterocycles. The van der Waals surface area contributed by atoms with E-state index in [1.54, 1.807) is 6.20 Å². The van der Waals surface area contributed by atoms with Gasteiger partial charge in [-0.05, 0) is 67.5 Å². The van der Waals surface area contributed by atoms with E-state index < -0.39 is 5.41 Å². The molecule has 118 valence electrons. The van der Waals surface area contributed by atoms with Crippen LogP contribution in [-0.4, -0.2) is 21.4 Å². The lowest BCUT2D eigenvalue weighted by molar-refractivity contribution is -0.123. The highest BCUT2D eigenvalue weighted by atomic mass is 127. The fourth-order valence-electron chi connectivity index (χ4n) is 3.83. The lowest BCUT2D eigenvalue weighted by Crippen LogP contribution is -2.49. The Hall–Kier alpha value is -1.50. The van der Waals surface area contributed by atoms with Crippen LogP contribution in [0.4, 0.5) is 5.82 Å². The predicted octanol–water partition coefficient (Wildman–Crippen LogP) is 3.26. The summed E-state index contributed by atoms with van der Waals surface area (Å²) in [6, 6.07) is 6.14. The Balaban J connectivity index is 1.90. The maximum absolute atomic E-state index is 13.4. The van der Waals surface area contributed by atoms with E-state index in [-0.39, 0.29) is 11.4 Å². The fraction of sp³-hybridized carbons (Fsp3) is 0.389. The second-order valence-corrected chi connectivity index (χ2v) is 8.63. The molecule has 0 N–H and O–H groups in total. The maximum Gasteiger partial charge on any atom is 0.240 e. The molecule has 2 aliphatic rings. The van der Waals surface area contributed by atoms with E-state index in [4.69, 9.17) is 0 Å². The first kappa shape index (κ1) is 15.1. The van der Waals surface area contributed by atoms with Crippen molar-refractivity contribution in [2.24, 2.45) is 0 Å². The van der Waals surface area contributed by atoms with Gasteiger partial charge in [-0.3, -0.25) is 14.7 Å². The minimum Gasteiger partial charge on any atom is -0.290 e. The predicted molar refractivity (Wildman–Crippen MR) is 97.5 cm³/mol. The zero-order valence-electron chi connectivity index (χ0n) is 13.4. The number of carbonyl (C=O) groups is 1. The first-order valence-electron chi connectivity index (χ1n) is 7.76. The molecule has 0 fully saturated rings. The van der Waals surface area contributed by atoms with Gasteiger partial charge < -0.3 is 0 Å². The summed E-state index contributed by atoms with van der Waals surface area (Å²) in [6.07, 6.45) is 5.04. The van der Waals surface area contributed by atoms with Gasteiger partial charge in [-0.1, -0.05) is 6.07 Å². The number of hydrogen-bond acceptors (Lipinski definition) is 3. The summed E-state index contributed by atoms with van der Waals surface area (Å²) < 4.78 is 1.11. The molecule has 1 amide bonds. The van der Waals surface area contributed by atoms with Crippen LogP contribution < -0.4 is 4.90 Å². The van der Waals surface area contributed by atoms with Gasteiger partial charge in [-0.15, -0.1) is 0 Å². The number of fused-ring (bicyclic) bond motifs is 3. The molecule has 4 rings (SSSR count). The summed E-state index contributed by atoms with van der Waals surface area (Å²) >= 11 is 2.28. The number of hydrogen-bond donors (Lipinski definition) is 0. The third-order valence-corrected chi connectivity index (χ3v) is 5.38. The Morgan fingerprint density at radius 2 is 2.04 bits per heavy atom. The molecule has 0 bridgehead atoms. The van der Waals surface area contributed by atoms with Crippen molar-refractivity contribution in [3.63, 3.8) is 0 Å². The van der Waals surface area contributed by atoms with Gasteiger partial charge in [0.05, 0.1) is 5.41 Å². The molecule has 0 aromatic carbocycles. The van der Waals surface area contributed by atoms with Crippen LogP contribution in [0, 0.1) is 3.57 Å². The van der Waals surface area contributed by atoms with Gasteiger partial charge in [0.15, 0.2) is 0 Å². The summed E-state index contributed by atoms with van der Waals surface area (Å²) in [6.45, 7) is 6.18. The van der Waals surface area contributed by atoms with Crippen LogP contribution in [0.15, 0.2) is 30.6 Å². The summed E-state index contributed by atoms with van der Waals surface area (Å²) in [7, 11) is 0. The highest BCUT2D eigenvalue weighted by Gasteiger charge is 2.57. The Kier molecular flexibility index (Phi) is 3.11. The third kappa shape index (κ3) is 2.05. The lowest BCUT2D eigenvalue weighted by atomic mass is 9.79. The first-order chi connectivity index (χ1) is 10.8. The number of amides is 1. The first-order valence-corrected chi connectivity index (χ1v) is 8.84. The van der Waals surface area contributed by atoms with E-state index in [9.17, 15) is 4.79 Å².